The van der Waals surface area contributed by atoms with E-state index in [1.54, 1.807) is 12.2 Å². The Morgan fingerprint density at radius 2 is 1.88 bits per heavy atom. The van der Waals surface area contributed by atoms with Gasteiger partial charge in [0.2, 0.25) is 0 Å². The predicted octanol–water partition coefficient (Wildman–Crippen LogP) is 2.51. The summed E-state index contributed by atoms with van der Waals surface area (Å²) < 4.78 is 0. The first-order valence-corrected chi connectivity index (χ1v) is 5.44. The highest BCUT2D eigenvalue weighted by Crippen LogP contribution is 1.97. The third kappa shape index (κ3) is 9.13. The van der Waals surface area contributed by atoms with Crippen molar-refractivity contribution in [3.8, 4) is 11.8 Å². The highest BCUT2D eigenvalue weighted by atomic mass is 15.3. The average Bonchev–Trinajstić information content (AvgIpc) is 2.32. The molecular formula is C15H20N2. The number of hydrazine groups is 1. The van der Waals surface area contributed by atoms with Gasteiger partial charge < -0.3 is 0 Å². The second kappa shape index (κ2) is 10.7. The van der Waals surface area contributed by atoms with Gasteiger partial charge in [-0.25, -0.2) is 0 Å². The summed E-state index contributed by atoms with van der Waals surface area (Å²) in [6.07, 6.45) is 11.2. The Bertz CT molecular complexity index is 387. The van der Waals surface area contributed by atoms with E-state index in [2.05, 4.69) is 35.9 Å². The summed E-state index contributed by atoms with van der Waals surface area (Å²) in [7, 11) is 1.83. The first-order valence-electron chi connectivity index (χ1n) is 5.44. The molecule has 0 amide bonds. The fourth-order valence-electron chi connectivity index (χ4n) is 1.00. The van der Waals surface area contributed by atoms with E-state index in [-0.39, 0.29) is 0 Å². The maximum absolute atomic E-state index is 3.67. The minimum atomic E-state index is 0.744. The lowest BCUT2D eigenvalue weighted by Crippen LogP contribution is -2.27. The van der Waals surface area contributed by atoms with Gasteiger partial charge in [0.05, 0.1) is 0 Å². The van der Waals surface area contributed by atoms with Crippen molar-refractivity contribution in [2.24, 2.45) is 0 Å². The molecule has 90 valence electrons. The molecule has 0 fully saturated rings. The first kappa shape index (κ1) is 15.2. The topological polar surface area (TPSA) is 24.1 Å². The van der Waals surface area contributed by atoms with E-state index in [4.69, 9.17) is 0 Å². The highest BCUT2D eigenvalue weighted by Gasteiger charge is 1.84. The van der Waals surface area contributed by atoms with Gasteiger partial charge in [-0.1, -0.05) is 49.3 Å². The lowest BCUT2D eigenvalue weighted by molar-refractivity contribution is 0.646. The van der Waals surface area contributed by atoms with Crippen molar-refractivity contribution in [2.45, 2.75) is 6.92 Å². The SMILES string of the molecule is C=C/C=C(\C)C#CC(/C=C\CNNC)=C/C=C. The molecule has 0 aromatic carbocycles. The minimum Gasteiger partial charge on any atom is -0.261 e. The van der Waals surface area contributed by atoms with Crippen LogP contribution in [0.4, 0.5) is 0 Å². The molecule has 0 aromatic heterocycles. The second-order valence-corrected chi connectivity index (χ2v) is 3.23. The Morgan fingerprint density at radius 1 is 1.18 bits per heavy atom. The highest BCUT2D eigenvalue weighted by molar-refractivity contribution is 5.44. The van der Waals surface area contributed by atoms with Crippen molar-refractivity contribution in [1.29, 1.82) is 0 Å². The summed E-state index contributed by atoms with van der Waals surface area (Å²) in [5.41, 5.74) is 7.72. The van der Waals surface area contributed by atoms with E-state index in [9.17, 15) is 0 Å². The maximum atomic E-state index is 3.67. The molecule has 0 aliphatic carbocycles. The van der Waals surface area contributed by atoms with Crippen LogP contribution in [-0.2, 0) is 0 Å². The van der Waals surface area contributed by atoms with Gasteiger partial charge in [-0.15, -0.1) is 0 Å². The van der Waals surface area contributed by atoms with Gasteiger partial charge in [0, 0.05) is 12.1 Å². The molecule has 0 unspecified atom stereocenters. The van der Waals surface area contributed by atoms with E-state index < -0.39 is 0 Å². The third-order valence-electron chi connectivity index (χ3n) is 1.76. The fourth-order valence-corrected chi connectivity index (χ4v) is 1.00. The Labute approximate surface area is 104 Å². The molecule has 2 N–H and O–H groups in total. The van der Waals surface area contributed by atoms with Crippen LogP contribution >= 0.6 is 0 Å². The van der Waals surface area contributed by atoms with Crippen LogP contribution in [0.3, 0.4) is 0 Å². The molecule has 0 spiro atoms. The molecule has 0 rings (SSSR count). The van der Waals surface area contributed by atoms with Crippen molar-refractivity contribution < 1.29 is 0 Å². The largest absolute Gasteiger partial charge is 0.261 e. The number of hydrogen-bond acceptors (Lipinski definition) is 2. The Hall–Kier alpha value is -1.82. The van der Waals surface area contributed by atoms with Gasteiger partial charge in [-0.05, 0) is 31.7 Å². The third-order valence-corrected chi connectivity index (χ3v) is 1.76. The zero-order valence-electron chi connectivity index (χ0n) is 10.6. The molecule has 0 saturated heterocycles. The molecule has 0 aromatic rings. The van der Waals surface area contributed by atoms with Crippen LogP contribution in [0.1, 0.15) is 6.92 Å². The lowest BCUT2D eigenvalue weighted by Gasteiger charge is -1.95. The molecule has 0 heterocycles. The molecular weight excluding hydrogens is 208 g/mol. The average molecular weight is 228 g/mol. The van der Waals surface area contributed by atoms with E-state index in [0.717, 1.165) is 17.7 Å². The van der Waals surface area contributed by atoms with Gasteiger partial charge in [-0.3, -0.25) is 10.9 Å². The molecule has 2 heteroatoms. The van der Waals surface area contributed by atoms with Crippen LogP contribution in [0.15, 0.2) is 60.8 Å². The Morgan fingerprint density at radius 3 is 2.47 bits per heavy atom. The number of nitrogens with one attached hydrogen (secondary N) is 2. The number of allylic oxidation sites excluding steroid dienone is 7. The van der Waals surface area contributed by atoms with Crippen LogP contribution in [0, 0.1) is 11.8 Å². The molecule has 0 atom stereocenters. The van der Waals surface area contributed by atoms with E-state index in [0.29, 0.717) is 0 Å². The van der Waals surface area contributed by atoms with Crippen molar-refractivity contribution >= 4 is 0 Å². The molecule has 0 bridgehead atoms. The molecule has 17 heavy (non-hydrogen) atoms. The normalized spacial score (nSPS) is 12.1. The monoisotopic (exact) mass is 228 g/mol. The molecule has 0 saturated carbocycles. The van der Waals surface area contributed by atoms with E-state index >= 15 is 0 Å². The quantitative estimate of drug-likeness (QED) is 0.316. The zero-order chi connectivity index (χ0) is 12.9. The maximum Gasteiger partial charge on any atom is 0.0284 e. The summed E-state index contributed by atoms with van der Waals surface area (Å²) in [5.74, 6) is 6.12. The zero-order valence-corrected chi connectivity index (χ0v) is 10.6. The van der Waals surface area contributed by atoms with Gasteiger partial charge in [0.25, 0.3) is 0 Å². The van der Waals surface area contributed by atoms with Crippen LogP contribution < -0.4 is 10.9 Å². The standard InChI is InChI=1S/C15H20N2/c1-5-8-14(3)11-12-15(9-6-2)10-7-13-17-16-4/h5-10,16-17H,1-2,13H2,3-4H3/b10-7-,14-8+,15-9+. The second-order valence-electron chi connectivity index (χ2n) is 3.23. The smallest absolute Gasteiger partial charge is 0.0284 e. The lowest BCUT2D eigenvalue weighted by atomic mass is 10.2. The molecule has 0 aliphatic rings. The minimum absolute atomic E-state index is 0.744. The summed E-state index contributed by atoms with van der Waals surface area (Å²) in [5, 5.41) is 0. The van der Waals surface area contributed by atoms with Gasteiger partial charge in [0.1, 0.15) is 0 Å². The van der Waals surface area contributed by atoms with Crippen molar-refractivity contribution in [2.75, 3.05) is 13.6 Å². The van der Waals surface area contributed by atoms with Gasteiger partial charge in [0.15, 0.2) is 0 Å². The molecule has 0 radical (unpaired) electrons. The van der Waals surface area contributed by atoms with Crippen molar-refractivity contribution in [3.63, 3.8) is 0 Å². The van der Waals surface area contributed by atoms with Crippen molar-refractivity contribution in [1.82, 2.24) is 10.9 Å². The summed E-state index contributed by atoms with van der Waals surface area (Å²) in [6.45, 7) is 10.00. The van der Waals surface area contributed by atoms with E-state index in [1.165, 1.54) is 0 Å². The Balaban J connectivity index is 4.60. The molecule has 2 nitrogen and oxygen atoms in total. The summed E-state index contributed by atoms with van der Waals surface area (Å²) in [6, 6.07) is 0. The van der Waals surface area contributed by atoms with Crippen LogP contribution in [0.2, 0.25) is 0 Å². The summed E-state index contributed by atoms with van der Waals surface area (Å²) >= 11 is 0. The van der Waals surface area contributed by atoms with E-state index in [1.807, 2.05) is 38.3 Å². The predicted molar refractivity (Wildman–Crippen MR) is 76.2 cm³/mol. The number of hydrogen-bond donors (Lipinski definition) is 2. The Kier molecular flexibility index (Phi) is 9.55. The van der Waals surface area contributed by atoms with Crippen LogP contribution in [-0.4, -0.2) is 13.6 Å². The molecule has 0 aliphatic heterocycles. The fraction of sp³-hybridized carbons (Fsp3) is 0.200. The first-order chi connectivity index (χ1) is 8.24. The van der Waals surface area contributed by atoms with Crippen LogP contribution in [0.25, 0.3) is 0 Å². The number of rotatable bonds is 6. The van der Waals surface area contributed by atoms with Crippen molar-refractivity contribution in [3.05, 3.63) is 60.8 Å². The van der Waals surface area contributed by atoms with Gasteiger partial charge in [-0.2, -0.15) is 0 Å². The van der Waals surface area contributed by atoms with Gasteiger partial charge >= 0.3 is 0 Å². The summed E-state index contributed by atoms with van der Waals surface area (Å²) in [4.78, 5) is 0. The van der Waals surface area contributed by atoms with Crippen LogP contribution in [0.5, 0.6) is 0 Å².